The minimum absolute atomic E-state index is 0.116. The Morgan fingerprint density at radius 1 is 1.03 bits per heavy atom. The number of ether oxygens (including phenoxy) is 3. The lowest BCUT2D eigenvalue weighted by atomic mass is 10.1. The van der Waals surface area contributed by atoms with Gasteiger partial charge in [-0.2, -0.15) is 0 Å². The van der Waals surface area contributed by atoms with Gasteiger partial charge in [0, 0.05) is 24.6 Å². The summed E-state index contributed by atoms with van der Waals surface area (Å²) < 4.78 is 18.3. The number of hydrogen-bond acceptors (Lipinski definition) is 6. The van der Waals surface area contributed by atoms with Crippen molar-refractivity contribution in [1.82, 2.24) is 14.8 Å². The van der Waals surface area contributed by atoms with E-state index in [4.69, 9.17) is 14.2 Å². The zero-order valence-electron chi connectivity index (χ0n) is 17.1. The number of amides is 1. The molecule has 0 radical (unpaired) electrons. The molecule has 0 atom stereocenters. The van der Waals surface area contributed by atoms with Crippen molar-refractivity contribution in [3.8, 4) is 28.6 Å². The van der Waals surface area contributed by atoms with E-state index in [1.54, 1.807) is 25.3 Å². The topological polar surface area (TPSA) is 87.5 Å². The largest absolute Gasteiger partial charge is 0.497 e. The molecular formula is C22H24N4O4. The Labute approximate surface area is 174 Å². The third-order valence-corrected chi connectivity index (χ3v) is 5.02. The molecule has 8 heteroatoms. The lowest BCUT2D eigenvalue weighted by Gasteiger charge is -2.15. The number of anilines is 1. The van der Waals surface area contributed by atoms with Crippen LogP contribution in [0, 0.1) is 0 Å². The van der Waals surface area contributed by atoms with Crippen LogP contribution in [-0.4, -0.2) is 41.5 Å². The van der Waals surface area contributed by atoms with Crippen molar-refractivity contribution in [3.63, 3.8) is 0 Å². The summed E-state index contributed by atoms with van der Waals surface area (Å²) in [6, 6.07) is 12.7. The van der Waals surface area contributed by atoms with E-state index >= 15 is 0 Å². The number of aryl methyl sites for hydroxylation is 1. The smallest absolute Gasteiger partial charge is 0.262 e. The van der Waals surface area contributed by atoms with Gasteiger partial charge in [0.15, 0.2) is 12.4 Å². The molecule has 1 amide bonds. The predicted octanol–water partition coefficient (Wildman–Crippen LogP) is 3.32. The maximum Gasteiger partial charge on any atom is 0.262 e. The zero-order chi connectivity index (χ0) is 20.9. The molecule has 0 bridgehead atoms. The minimum Gasteiger partial charge on any atom is -0.497 e. The normalized spacial score (nSPS) is 12.7. The Morgan fingerprint density at radius 3 is 2.60 bits per heavy atom. The minimum atomic E-state index is -0.283. The molecule has 1 aliphatic rings. The average Bonchev–Trinajstić information content (AvgIpc) is 3.22. The molecule has 0 unspecified atom stereocenters. The number of benzene rings is 2. The third-order valence-electron chi connectivity index (χ3n) is 5.02. The molecule has 1 aromatic heterocycles. The average molecular weight is 408 g/mol. The second-order valence-electron chi connectivity index (χ2n) is 6.98. The van der Waals surface area contributed by atoms with Crippen LogP contribution in [0.5, 0.6) is 17.2 Å². The quantitative estimate of drug-likeness (QED) is 0.645. The van der Waals surface area contributed by atoms with Gasteiger partial charge in [-0.25, -0.2) is 0 Å². The van der Waals surface area contributed by atoms with E-state index in [-0.39, 0.29) is 12.5 Å². The van der Waals surface area contributed by atoms with Crippen molar-refractivity contribution in [1.29, 1.82) is 0 Å². The zero-order valence-corrected chi connectivity index (χ0v) is 17.1. The van der Waals surface area contributed by atoms with E-state index in [0.29, 0.717) is 22.9 Å². The number of aromatic nitrogens is 3. The van der Waals surface area contributed by atoms with Crippen molar-refractivity contribution in [3.05, 3.63) is 48.3 Å². The van der Waals surface area contributed by atoms with E-state index in [2.05, 4.69) is 20.1 Å². The van der Waals surface area contributed by atoms with E-state index in [0.717, 1.165) is 43.0 Å². The number of carbonyl (C=O) groups excluding carboxylic acids is 1. The van der Waals surface area contributed by atoms with Gasteiger partial charge in [0.1, 0.15) is 23.1 Å². The van der Waals surface area contributed by atoms with Gasteiger partial charge >= 0.3 is 0 Å². The fourth-order valence-electron chi connectivity index (χ4n) is 3.46. The summed E-state index contributed by atoms with van der Waals surface area (Å²) in [5.74, 6) is 3.41. The summed E-state index contributed by atoms with van der Waals surface area (Å²) in [6.07, 6.45) is 3.28. The van der Waals surface area contributed by atoms with Crippen molar-refractivity contribution < 1.29 is 19.0 Å². The molecule has 1 aliphatic heterocycles. The molecule has 0 fully saturated rings. The number of rotatable bonds is 7. The number of nitrogens with zero attached hydrogens (tertiary/aromatic N) is 3. The standard InChI is InChI=1S/C22H24N4O4/c1-28-17-10-11-18(19(13-17)29-2)23-21(27)14-30-16-8-6-15(7-9-16)22-25-24-20-5-3-4-12-26(20)22/h6-11,13H,3-5,12,14H2,1-2H3,(H,23,27). The Morgan fingerprint density at radius 2 is 1.83 bits per heavy atom. The van der Waals surface area contributed by atoms with Gasteiger partial charge in [-0.15, -0.1) is 10.2 Å². The molecule has 3 aromatic rings. The first-order chi connectivity index (χ1) is 14.7. The summed E-state index contributed by atoms with van der Waals surface area (Å²) >= 11 is 0. The Hall–Kier alpha value is -3.55. The van der Waals surface area contributed by atoms with Crippen LogP contribution in [-0.2, 0) is 17.8 Å². The number of hydrogen-bond donors (Lipinski definition) is 1. The van der Waals surface area contributed by atoms with Gasteiger partial charge < -0.3 is 24.1 Å². The molecule has 2 heterocycles. The van der Waals surface area contributed by atoms with Crippen LogP contribution in [0.25, 0.3) is 11.4 Å². The second kappa shape index (κ2) is 8.86. The monoisotopic (exact) mass is 408 g/mol. The molecule has 0 saturated heterocycles. The predicted molar refractivity (Wildman–Crippen MR) is 112 cm³/mol. The molecule has 1 N–H and O–H groups in total. The van der Waals surface area contributed by atoms with Gasteiger partial charge in [-0.1, -0.05) is 0 Å². The lowest BCUT2D eigenvalue weighted by molar-refractivity contribution is -0.118. The van der Waals surface area contributed by atoms with Gasteiger partial charge in [-0.3, -0.25) is 4.79 Å². The first kappa shape index (κ1) is 19.8. The molecule has 0 spiro atoms. The van der Waals surface area contributed by atoms with Crippen molar-refractivity contribution in [2.75, 3.05) is 26.1 Å². The molecule has 30 heavy (non-hydrogen) atoms. The molecule has 0 aliphatic carbocycles. The first-order valence-electron chi connectivity index (χ1n) is 9.85. The number of nitrogens with one attached hydrogen (secondary N) is 1. The van der Waals surface area contributed by atoms with Crippen LogP contribution in [0.4, 0.5) is 5.69 Å². The SMILES string of the molecule is COc1ccc(NC(=O)COc2ccc(-c3nnc4n3CCCC4)cc2)c(OC)c1. The lowest BCUT2D eigenvalue weighted by Crippen LogP contribution is -2.20. The first-order valence-corrected chi connectivity index (χ1v) is 9.85. The van der Waals surface area contributed by atoms with Crippen LogP contribution < -0.4 is 19.5 Å². The number of fused-ring (bicyclic) bond motifs is 1. The van der Waals surface area contributed by atoms with Gasteiger partial charge in [0.25, 0.3) is 5.91 Å². The summed E-state index contributed by atoms with van der Waals surface area (Å²) in [4.78, 5) is 12.3. The Bertz CT molecular complexity index is 1030. The van der Waals surface area contributed by atoms with Gasteiger partial charge in [0.2, 0.25) is 0 Å². The van der Waals surface area contributed by atoms with E-state index in [9.17, 15) is 4.79 Å². The van der Waals surface area contributed by atoms with Crippen molar-refractivity contribution in [2.45, 2.75) is 25.8 Å². The number of methoxy groups -OCH3 is 2. The highest BCUT2D eigenvalue weighted by molar-refractivity contribution is 5.93. The molecule has 4 rings (SSSR count). The highest BCUT2D eigenvalue weighted by atomic mass is 16.5. The Balaban J connectivity index is 1.36. The van der Waals surface area contributed by atoms with Gasteiger partial charge in [0.05, 0.1) is 19.9 Å². The maximum atomic E-state index is 12.3. The molecule has 8 nitrogen and oxygen atoms in total. The molecule has 0 saturated carbocycles. The van der Waals surface area contributed by atoms with Crippen LogP contribution >= 0.6 is 0 Å². The van der Waals surface area contributed by atoms with Crippen LogP contribution in [0.1, 0.15) is 18.7 Å². The summed E-state index contributed by atoms with van der Waals surface area (Å²) in [6.45, 7) is 0.833. The van der Waals surface area contributed by atoms with Crippen LogP contribution in [0.2, 0.25) is 0 Å². The molecular weight excluding hydrogens is 384 g/mol. The highest BCUT2D eigenvalue weighted by Gasteiger charge is 2.17. The van der Waals surface area contributed by atoms with E-state index in [1.807, 2.05) is 24.3 Å². The van der Waals surface area contributed by atoms with Crippen LogP contribution in [0.15, 0.2) is 42.5 Å². The van der Waals surface area contributed by atoms with Crippen molar-refractivity contribution in [2.24, 2.45) is 0 Å². The Kier molecular flexibility index (Phi) is 5.83. The summed E-state index contributed by atoms with van der Waals surface area (Å²) in [7, 11) is 3.11. The fraction of sp³-hybridized carbons (Fsp3) is 0.318. The van der Waals surface area contributed by atoms with Crippen molar-refractivity contribution >= 4 is 11.6 Å². The fourth-order valence-corrected chi connectivity index (χ4v) is 3.46. The summed E-state index contributed by atoms with van der Waals surface area (Å²) in [5.41, 5.74) is 1.54. The molecule has 156 valence electrons. The molecule has 2 aromatic carbocycles. The van der Waals surface area contributed by atoms with Gasteiger partial charge in [-0.05, 0) is 49.2 Å². The summed E-state index contributed by atoms with van der Waals surface area (Å²) in [5, 5.41) is 11.4. The number of carbonyl (C=O) groups is 1. The third kappa shape index (κ3) is 4.22. The second-order valence-corrected chi connectivity index (χ2v) is 6.98. The van der Waals surface area contributed by atoms with Crippen LogP contribution in [0.3, 0.4) is 0 Å². The van der Waals surface area contributed by atoms with E-state index in [1.165, 1.54) is 7.11 Å². The highest BCUT2D eigenvalue weighted by Crippen LogP contribution is 2.29. The van der Waals surface area contributed by atoms with E-state index < -0.39 is 0 Å². The maximum absolute atomic E-state index is 12.3.